The largest absolute Gasteiger partial charge is 0.284 e. The van der Waals surface area contributed by atoms with Crippen molar-refractivity contribution in [2.45, 2.75) is 0 Å². The van der Waals surface area contributed by atoms with E-state index in [-0.39, 0.29) is 0 Å². The molecule has 0 nitrogen and oxygen atoms in total. The minimum atomic E-state index is 2.12. The highest BCUT2D eigenvalue weighted by atomic mass is 13.7. The van der Waals surface area contributed by atoms with E-state index in [0.29, 0.717) is 0 Å². The average molecular weight is 904 g/mol. The van der Waals surface area contributed by atoms with Gasteiger partial charge in [-0.25, -0.2) is 5.92 Å². The summed E-state index contributed by atoms with van der Waals surface area (Å²) in [4.78, 5) is 0. The van der Waals surface area contributed by atoms with E-state index in [1.807, 2.05) is 0 Å². The second-order valence-corrected chi connectivity index (χ2v) is 9.20. The maximum Gasteiger partial charge on any atom is 0 e. The molecule has 0 bridgehead atoms. The molecule has 0 aromatic heterocycles. The van der Waals surface area contributed by atoms with Crippen LogP contribution in [0.5, 0.6) is 0 Å². The fraction of sp³-hybridized carbons (Fsp3) is 0. The molecule has 0 unspecified atom stereocenters. The maximum absolute atomic E-state index is 4.95. The maximum atomic E-state index is 4.95. The molecule has 0 atom stereocenters. The molecule has 0 saturated carbocycles. The molecule has 0 aromatic carbocycles. The fourth-order valence-electron chi connectivity index (χ4n) is 2.24. The molecule has 0 fully saturated rings. The van der Waals surface area contributed by atoms with Gasteiger partial charge in [0.05, 0.1) is 0 Å². The van der Waals surface area contributed by atoms with Crippen LogP contribution in [-0.2, 0) is 0 Å². The van der Waals surface area contributed by atoms with Crippen LogP contribution in [0.1, 0.15) is 0 Å². The third-order valence-electron chi connectivity index (χ3n) is 4.54. The van der Waals surface area contributed by atoms with Gasteiger partial charge in [0.2, 0.25) is 0 Å². The molecule has 0 radical (unpaired) electrons. The van der Waals surface area contributed by atoms with Crippen LogP contribution in [0.3, 0.4) is 0 Å². The lowest BCUT2D eigenvalue weighted by atomic mass is 10.4. The van der Waals surface area contributed by atoms with Gasteiger partial charge in [0.1, 0.15) is 0 Å². The summed E-state index contributed by atoms with van der Waals surface area (Å²) in [6.07, 6.45) is 4.95. The monoisotopic (exact) mass is 903 g/mol. The van der Waals surface area contributed by atoms with E-state index in [1.54, 1.807) is 0 Å². The molecule has 75 heavy (non-hydrogen) atoms. The third kappa shape index (κ3) is 57.6. The Morgan fingerprint density at radius 3 is 0.240 bits per heavy atom. The minimum absolute atomic E-state index is 2.12. The molecular formula is C75H3-. The summed E-state index contributed by atoms with van der Waals surface area (Å²) >= 11 is 0. The van der Waals surface area contributed by atoms with Crippen LogP contribution in [0.15, 0.2) is 0 Å². The highest BCUT2D eigenvalue weighted by Gasteiger charge is 1.64. The Bertz CT molecular complexity index is 5000. The summed E-state index contributed by atoms with van der Waals surface area (Å²) in [5, 5.41) is 0. The van der Waals surface area contributed by atoms with Gasteiger partial charge in [-0.2, -0.15) is 6.92 Å². The standard InChI is InChI=1S/C75H3/c1-3-5-7-9-11-13-15-17-19-21-23-25-27-29-31-33-35-37-39-41-43-45-47-49-51-53-55-57-59-61-63-65-67-69-71-73-75-74-72-70-68-66-64-62-60-58-56-54-52-50-48-46-44-42-40-38-36-34-32-30-28-26-24-22-20-18-16-14-12-10-8-6-4-2/h1H,2H2/q-1. The first-order valence-corrected chi connectivity index (χ1v) is 18.6. The van der Waals surface area contributed by atoms with E-state index >= 15 is 0 Å². The first-order valence-electron chi connectivity index (χ1n) is 18.6. The molecule has 0 aliphatic rings. The Hall–Kier alpha value is -16.4. The lowest BCUT2D eigenvalue weighted by Gasteiger charge is -1.64. The highest BCUT2D eigenvalue weighted by molar-refractivity contribution is 5.53. The molecule has 0 saturated heterocycles. The first kappa shape index (κ1) is 58.6. The van der Waals surface area contributed by atoms with E-state index in [9.17, 15) is 0 Å². The molecule has 0 spiro atoms. The molecule has 0 N–H and O–H groups in total. The summed E-state index contributed by atoms with van der Waals surface area (Å²) in [6, 6.07) is 0. The zero-order valence-electron chi connectivity index (χ0n) is 37.8. The highest BCUT2D eigenvalue weighted by Crippen LogP contribution is 1.65. The number of hydrogen-bond acceptors (Lipinski definition) is 0. The first-order chi connectivity index (χ1) is 37.4. The van der Waals surface area contributed by atoms with E-state index in [2.05, 4.69) is 439 Å². The predicted octanol–water partition coefficient (Wildman–Crippen LogP) is 0.576. The van der Waals surface area contributed by atoms with E-state index < -0.39 is 0 Å². The van der Waals surface area contributed by atoms with Crippen LogP contribution in [0.2, 0.25) is 0 Å². The Labute approximate surface area is 443 Å². The van der Waals surface area contributed by atoms with Crippen molar-refractivity contribution in [3.05, 3.63) is 6.92 Å². The molecule has 0 amide bonds. The normalized spacial score (nSPS) is 3.93. The van der Waals surface area contributed by atoms with Gasteiger partial charge in [-0.1, -0.05) is 0 Å². The van der Waals surface area contributed by atoms with Crippen molar-refractivity contribution in [1.82, 2.24) is 0 Å². The van der Waals surface area contributed by atoms with Crippen molar-refractivity contribution in [3.8, 4) is 439 Å². The topological polar surface area (TPSA) is 0 Å². The fourth-order valence-corrected chi connectivity index (χ4v) is 2.24. The molecule has 0 aliphatic heterocycles. The van der Waals surface area contributed by atoms with E-state index in [0.717, 1.165) is 0 Å². The SMILES string of the molecule is C#CC#CC#CC#CC#CC#CC#CC#CC#CC#CC#CC#CC#CC#CC#CC#CC#CC#CC#CC#CC#CC#CC#CC#CC#CC#CC#CC#CC#CC#CC#CC#CC#CC#CC#CC#CC#C[CH2-]. The Balaban J connectivity index is 4.61. The molecule has 304 valence electrons. The van der Waals surface area contributed by atoms with Gasteiger partial charge in [-0.3, -0.25) is 5.92 Å². The smallest absolute Gasteiger partial charge is 0 e. The van der Waals surface area contributed by atoms with Crippen LogP contribution in [0, 0.1) is 446 Å². The lowest BCUT2D eigenvalue weighted by Crippen LogP contribution is -1.57. The van der Waals surface area contributed by atoms with Crippen LogP contribution < -0.4 is 0 Å². The number of terminal acetylenes is 1. The second kappa shape index (κ2) is 57.6. The zero-order valence-corrected chi connectivity index (χ0v) is 37.8. The third-order valence-corrected chi connectivity index (χ3v) is 4.54. The number of rotatable bonds is 0. The van der Waals surface area contributed by atoms with Gasteiger partial charge >= 0.3 is 0 Å². The van der Waals surface area contributed by atoms with Gasteiger partial charge < -0.3 is 0 Å². The summed E-state index contributed by atoms with van der Waals surface area (Å²) in [7, 11) is 0. The molecule has 0 aromatic rings. The van der Waals surface area contributed by atoms with E-state index in [4.69, 9.17) is 6.42 Å². The van der Waals surface area contributed by atoms with Crippen molar-refractivity contribution in [2.24, 2.45) is 0 Å². The lowest BCUT2D eigenvalue weighted by molar-refractivity contribution is 2.31. The molecule has 0 heteroatoms. The van der Waals surface area contributed by atoms with Gasteiger partial charge in [-0.15, -0.1) is 12.3 Å². The number of hydrogen-bond donors (Lipinski definition) is 0. The van der Waals surface area contributed by atoms with Crippen molar-refractivity contribution in [3.63, 3.8) is 0 Å². The Morgan fingerprint density at radius 1 is 0.107 bits per heavy atom. The average Bonchev–Trinajstić information content (AvgIpc) is 3.42. The van der Waals surface area contributed by atoms with E-state index in [1.165, 1.54) is 0 Å². The summed E-state index contributed by atoms with van der Waals surface area (Å²) in [5.41, 5.74) is 0. The molecule has 0 rings (SSSR count). The quantitative estimate of drug-likeness (QED) is 0.247. The van der Waals surface area contributed by atoms with Crippen LogP contribution in [-0.4, -0.2) is 0 Å². The molecular weight excluding hydrogens is 901 g/mol. The van der Waals surface area contributed by atoms with Gasteiger partial charge in [0, 0.05) is 320 Å². The van der Waals surface area contributed by atoms with Crippen LogP contribution in [0.4, 0.5) is 0 Å². The van der Waals surface area contributed by atoms with Crippen molar-refractivity contribution in [1.29, 1.82) is 0 Å². The Morgan fingerprint density at radius 2 is 0.173 bits per heavy atom. The molecule has 0 heterocycles. The van der Waals surface area contributed by atoms with Crippen molar-refractivity contribution < 1.29 is 0 Å². The zero-order chi connectivity index (χ0) is 53.6. The van der Waals surface area contributed by atoms with Crippen LogP contribution in [0.25, 0.3) is 0 Å². The van der Waals surface area contributed by atoms with Crippen LogP contribution >= 0.6 is 0 Å². The van der Waals surface area contributed by atoms with Crippen molar-refractivity contribution in [2.75, 3.05) is 0 Å². The second-order valence-electron chi connectivity index (χ2n) is 9.20. The minimum Gasteiger partial charge on any atom is -0.284 e. The summed E-state index contributed by atoms with van der Waals surface area (Å²) in [5.74, 6) is 181. The van der Waals surface area contributed by atoms with Gasteiger partial charge in [0.25, 0.3) is 0 Å². The summed E-state index contributed by atoms with van der Waals surface area (Å²) < 4.78 is 0. The summed E-state index contributed by atoms with van der Waals surface area (Å²) in [6.45, 7) is 3.32. The van der Waals surface area contributed by atoms with Gasteiger partial charge in [0.15, 0.2) is 0 Å². The predicted molar refractivity (Wildman–Crippen MR) is 294 cm³/mol. The van der Waals surface area contributed by atoms with Gasteiger partial charge in [-0.05, 0) is 94.7 Å². The molecule has 0 aliphatic carbocycles. The van der Waals surface area contributed by atoms with Crippen molar-refractivity contribution >= 4 is 0 Å². The Kier molecular flexibility index (Phi) is 45.0.